The molecule has 0 aromatic rings. The molecule has 0 unspecified atom stereocenters. The van der Waals surface area contributed by atoms with Crippen LogP contribution < -0.4 is 5.48 Å². The molecule has 0 saturated heterocycles. The van der Waals surface area contributed by atoms with Gasteiger partial charge in [-0.2, -0.15) is 0 Å². The fourth-order valence-electron chi connectivity index (χ4n) is 0.584. The van der Waals surface area contributed by atoms with Gasteiger partial charge >= 0.3 is 0 Å². The summed E-state index contributed by atoms with van der Waals surface area (Å²) in [6.45, 7) is 5.01. The van der Waals surface area contributed by atoms with Crippen LogP contribution in [0.15, 0.2) is 12.3 Å². The smallest absolute Gasteiger partial charge is 0.0831 e. The molecule has 46 valence electrons. The molecule has 2 heteroatoms. The molecule has 0 spiro atoms. The molecule has 1 aliphatic rings. The second-order valence-corrected chi connectivity index (χ2v) is 2.73. The zero-order valence-electron chi connectivity index (χ0n) is 5.27. The molecule has 0 aromatic carbocycles. The van der Waals surface area contributed by atoms with Gasteiger partial charge in [0.05, 0.1) is 6.61 Å². The van der Waals surface area contributed by atoms with Gasteiger partial charge in [-0.05, 0) is 0 Å². The summed E-state index contributed by atoms with van der Waals surface area (Å²) in [5.41, 5.74) is 2.87. The lowest BCUT2D eigenvalue weighted by molar-refractivity contribution is 0.0160. The highest BCUT2D eigenvalue weighted by atomic mass is 16.6. The average Bonchev–Trinajstić information content (AvgIpc) is 1.65. The molecule has 0 saturated carbocycles. The molecule has 8 heavy (non-hydrogen) atoms. The van der Waals surface area contributed by atoms with Gasteiger partial charge in [0, 0.05) is 11.6 Å². The van der Waals surface area contributed by atoms with Crippen LogP contribution in [0.25, 0.3) is 0 Å². The molecule has 1 rings (SSSR count). The Bertz CT molecular complexity index is 107. The van der Waals surface area contributed by atoms with Crippen LogP contribution in [0.5, 0.6) is 0 Å². The normalized spacial score (nSPS) is 24.8. The Hall–Kier alpha value is -0.500. The summed E-state index contributed by atoms with van der Waals surface area (Å²) >= 11 is 0. The lowest BCUT2D eigenvalue weighted by Crippen LogP contribution is -2.26. The van der Waals surface area contributed by atoms with Crippen molar-refractivity contribution in [3.63, 3.8) is 0 Å². The molecule has 1 aliphatic heterocycles. The summed E-state index contributed by atoms with van der Waals surface area (Å²) in [7, 11) is 0. The first kappa shape index (κ1) is 5.63. The first-order chi connectivity index (χ1) is 3.71. The first-order valence-electron chi connectivity index (χ1n) is 2.76. The lowest BCUT2D eigenvalue weighted by Gasteiger charge is -2.23. The number of rotatable bonds is 0. The van der Waals surface area contributed by atoms with E-state index >= 15 is 0 Å². The highest BCUT2D eigenvalue weighted by Crippen LogP contribution is 2.18. The summed E-state index contributed by atoms with van der Waals surface area (Å²) in [6, 6.07) is 0. The van der Waals surface area contributed by atoms with Gasteiger partial charge in [0.1, 0.15) is 0 Å². The molecule has 0 amide bonds. The van der Waals surface area contributed by atoms with Gasteiger partial charge in [-0.25, -0.2) is 0 Å². The molecule has 0 aromatic heterocycles. The average molecular weight is 113 g/mol. The first-order valence-corrected chi connectivity index (χ1v) is 2.76. The standard InChI is InChI=1S/C6H11NO/c1-6(2)3-4-7-8-5-6/h3-4,7H,5H2,1-2H3. The third-order valence-corrected chi connectivity index (χ3v) is 1.13. The third kappa shape index (κ3) is 1.23. The van der Waals surface area contributed by atoms with E-state index in [4.69, 9.17) is 4.84 Å². The monoisotopic (exact) mass is 113 g/mol. The van der Waals surface area contributed by atoms with Gasteiger partial charge in [-0.1, -0.05) is 19.9 Å². The number of hydrogen-bond acceptors (Lipinski definition) is 2. The SMILES string of the molecule is CC1(C)C=CNOC1. The van der Waals surface area contributed by atoms with E-state index in [1.54, 1.807) is 0 Å². The van der Waals surface area contributed by atoms with Crippen LogP contribution in [0, 0.1) is 5.41 Å². The van der Waals surface area contributed by atoms with E-state index in [0.717, 1.165) is 6.61 Å². The molecule has 0 fully saturated rings. The van der Waals surface area contributed by atoms with Crippen molar-refractivity contribution in [3.05, 3.63) is 12.3 Å². The van der Waals surface area contributed by atoms with Gasteiger partial charge in [-0.3, -0.25) is 10.3 Å². The molecule has 1 N–H and O–H groups in total. The molecule has 0 atom stereocenters. The van der Waals surface area contributed by atoms with Crippen LogP contribution in [0.4, 0.5) is 0 Å². The highest BCUT2D eigenvalue weighted by Gasteiger charge is 2.16. The lowest BCUT2D eigenvalue weighted by atomic mass is 9.95. The van der Waals surface area contributed by atoms with Gasteiger partial charge < -0.3 is 0 Å². The minimum absolute atomic E-state index is 0.214. The van der Waals surface area contributed by atoms with Crippen molar-refractivity contribution < 1.29 is 4.84 Å². The Morgan fingerprint density at radius 2 is 2.38 bits per heavy atom. The van der Waals surface area contributed by atoms with E-state index in [1.807, 2.05) is 6.20 Å². The zero-order valence-corrected chi connectivity index (χ0v) is 5.27. The highest BCUT2D eigenvalue weighted by molar-refractivity contribution is 4.94. The second kappa shape index (κ2) is 1.78. The van der Waals surface area contributed by atoms with Crippen molar-refractivity contribution in [2.24, 2.45) is 5.41 Å². The van der Waals surface area contributed by atoms with Crippen molar-refractivity contribution in [3.8, 4) is 0 Å². The summed E-state index contributed by atoms with van der Waals surface area (Å²) in [5, 5.41) is 0. The molecule has 1 heterocycles. The maximum atomic E-state index is 4.95. The van der Waals surface area contributed by atoms with E-state index in [1.165, 1.54) is 0 Å². The fourth-order valence-corrected chi connectivity index (χ4v) is 0.584. The summed E-state index contributed by atoms with van der Waals surface area (Å²) in [5.74, 6) is 0. The van der Waals surface area contributed by atoms with Crippen LogP contribution in [-0.2, 0) is 4.84 Å². The number of hydroxylamine groups is 1. The third-order valence-electron chi connectivity index (χ3n) is 1.13. The number of hydrogen-bond donors (Lipinski definition) is 1. The van der Waals surface area contributed by atoms with Gasteiger partial charge in [0.2, 0.25) is 0 Å². The Morgan fingerprint density at radius 1 is 1.62 bits per heavy atom. The molecule has 0 bridgehead atoms. The van der Waals surface area contributed by atoms with E-state index in [-0.39, 0.29) is 5.41 Å². The largest absolute Gasteiger partial charge is 0.276 e. The minimum Gasteiger partial charge on any atom is -0.276 e. The fraction of sp³-hybridized carbons (Fsp3) is 0.667. The van der Waals surface area contributed by atoms with Gasteiger partial charge in [0.25, 0.3) is 0 Å². The molecule has 0 radical (unpaired) electrons. The maximum absolute atomic E-state index is 4.95. The molecule has 2 nitrogen and oxygen atoms in total. The Kier molecular flexibility index (Phi) is 1.26. The van der Waals surface area contributed by atoms with E-state index in [9.17, 15) is 0 Å². The predicted molar refractivity (Wildman–Crippen MR) is 32.0 cm³/mol. The van der Waals surface area contributed by atoms with E-state index in [2.05, 4.69) is 25.4 Å². The second-order valence-electron chi connectivity index (χ2n) is 2.73. The van der Waals surface area contributed by atoms with E-state index < -0.39 is 0 Å². The Balaban J connectivity index is 2.56. The van der Waals surface area contributed by atoms with Gasteiger partial charge in [0.15, 0.2) is 0 Å². The quantitative estimate of drug-likeness (QED) is 0.507. The number of nitrogens with one attached hydrogen (secondary N) is 1. The summed E-state index contributed by atoms with van der Waals surface area (Å²) < 4.78 is 0. The summed E-state index contributed by atoms with van der Waals surface area (Å²) in [4.78, 5) is 4.95. The Labute approximate surface area is 49.5 Å². The van der Waals surface area contributed by atoms with E-state index in [0.29, 0.717) is 0 Å². The maximum Gasteiger partial charge on any atom is 0.0831 e. The molecular weight excluding hydrogens is 102 g/mol. The van der Waals surface area contributed by atoms with Crippen molar-refractivity contribution in [2.45, 2.75) is 13.8 Å². The van der Waals surface area contributed by atoms with Crippen LogP contribution in [0.2, 0.25) is 0 Å². The topological polar surface area (TPSA) is 21.3 Å². The van der Waals surface area contributed by atoms with Crippen molar-refractivity contribution in [1.82, 2.24) is 5.48 Å². The van der Waals surface area contributed by atoms with Crippen molar-refractivity contribution >= 4 is 0 Å². The van der Waals surface area contributed by atoms with Crippen LogP contribution in [-0.4, -0.2) is 6.61 Å². The van der Waals surface area contributed by atoms with Crippen LogP contribution in [0.1, 0.15) is 13.8 Å². The molecule has 0 aliphatic carbocycles. The van der Waals surface area contributed by atoms with Crippen molar-refractivity contribution in [2.75, 3.05) is 6.61 Å². The minimum atomic E-state index is 0.214. The summed E-state index contributed by atoms with van der Waals surface area (Å²) in [6.07, 6.45) is 3.92. The van der Waals surface area contributed by atoms with Crippen LogP contribution >= 0.6 is 0 Å². The zero-order chi connectivity index (χ0) is 6.04. The molecular formula is C6H11NO. The van der Waals surface area contributed by atoms with Crippen LogP contribution in [0.3, 0.4) is 0 Å². The van der Waals surface area contributed by atoms with Crippen molar-refractivity contribution in [1.29, 1.82) is 0 Å². The Morgan fingerprint density at radius 3 is 2.62 bits per heavy atom. The van der Waals surface area contributed by atoms with Gasteiger partial charge in [-0.15, -0.1) is 0 Å². The predicted octanol–water partition coefficient (Wildman–Crippen LogP) is 1.06.